The first-order valence-corrected chi connectivity index (χ1v) is 6.53. The van der Waals surface area contributed by atoms with Crippen LogP contribution in [-0.4, -0.2) is 24.4 Å². The van der Waals surface area contributed by atoms with Crippen molar-refractivity contribution >= 4 is 17.2 Å². The molecule has 3 heteroatoms. The molecule has 1 heterocycles. The zero-order valence-electron chi connectivity index (χ0n) is 10.6. The molecule has 0 aliphatic rings. The predicted molar refractivity (Wildman–Crippen MR) is 69.7 cm³/mol. The third kappa shape index (κ3) is 4.79. The number of nitrogens with zero attached hydrogens (tertiary/aromatic N) is 1. The van der Waals surface area contributed by atoms with Crippen LogP contribution in [0.1, 0.15) is 32.1 Å². The lowest BCUT2D eigenvalue weighted by Gasteiger charge is -2.23. The average molecular weight is 239 g/mol. The molecule has 0 spiro atoms. The summed E-state index contributed by atoms with van der Waals surface area (Å²) in [6.07, 6.45) is 1.58. The number of thiophene rings is 1. The number of hydrogen-bond donors (Lipinski definition) is 0. The van der Waals surface area contributed by atoms with Crippen molar-refractivity contribution in [3.8, 4) is 0 Å². The quantitative estimate of drug-likeness (QED) is 0.790. The Kier molecular flexibility index (Phi) is 4.54. The van der Waals surface area contributed by atoms with Crippen LogP contribution in [0.3, 0.4) is 0 Å². The highest BCUT2D eigenvalue weighted by molar-refractivity contribution is 7.09. The van der Waals surface area contributed by atoms with E-state index >= 15 is 0 Å². The Labute approximate surface area is 102 Å². The number of carbonyl (C=O) groups excluding carboxylic acids is 1. The molecule has 0 radical (unpaired) electrons. The predicted octanol–water partition coefficient (Wildman–Crippen LogP) is 3.19. The molecule has 16 heavy (non-hydrogen) atoms. The first-order valence-electron chi connectivity index (χ1n) is 5.65. The molecule has 0 N–H and O–H groups in total. The maximum atomic E-state index is 11.8. The summed E-state index contributed by atoms with van der Waals surface area (Å²) in [6, 6.07) is 4.17. The van der Waals surface area contributed by atoms with Crippen LogP contribution in [0.15, 0.2) is 17.5 Å². The van der Waals surface area contributed by atoms with Gasteiger partial charge in [-0.3, -0.25) is 4.79 Å². The number of rotatable bonds is 4. The van der Waals surface area contributed by atoms with Crippen LogP contribution in [0.2, 0.25) is 0 Å². The summed E-state index contributed by atoms with van der Waals surface area (Å²) in [5, 5.41) is 2.08. The second-order valence-electron chi connectivity index (χ2n) is 5.38. The average Bonchev–Trinajstić information content (AvgIpc) is 2.63. The van der Waals surface area contributed by atoms with E-state index in [4.69, 9.17) is 0 Å². The highest BCUT2D eigenvalue weighted by Gasteiger charge is 2.18. The third-order valence-corrected chi connectivity index (χ3v) is 3.32. The zero-order chi connectivity index (χ0) is 12.2. The number of amides is 1. The van der Waals surface area contributed by atoms with Crippen molar-refractivity contribution in [2.24, 2.45) is 5.41 Å². The minimum atomic E-state index is 0.0777. The van der Waals surface area contributed by atoms with Gasteiger partial charge in [-0.15, -0.1) is 11.3 Å². The van der Waals surface area contributed by atoms with Crippen LogP contribution >= 0.6 is 11.3 Å². The second-order valence-corrected chi connectivity index (χ2v) is 6.41. The van der Waals surface area contributed by atoms with Crippen molar-refractivity contribution in [2.75, 3.05) is 13.6 Å². The molecule has 90 valence electrons. The number of carbonyl (C=O) groups is 1. The Balaban J connectivity index is 2.35. The normalized spacial score (nSPS) is 11.5. The van der Waals surface area contributed by atoms with Gasteiger partial charge in [0.1, 0.15) is 0 Å². The SMILES string of the molecule is CN(CCc1cccs1)C(=O)CC(C)(C)C. The molecule has 0 aliphatic carbocycles. The maximum absolute atomic E-state index is 11.8. The Hall–Kier alpha value is -0.830. The Bertz CT molecular complexity index is 324. The fourth-order valence-electron chi connectivity index (χ4n) is 1.45. The minimum Gasteiger partial charge on any atom is -0.345 e. The summed E-state index contributed by atoms with van der Waals surface area (Å²) < 4.78 is 0. The summed E-state index contributed by atoms with van der Waals surface area (Å²) in [5.74, 6) is 0.240. The van der Waals surface area contributed by atoms with Crippen LogP contribution in [0, 0.1) is 5.41 Å². The van der Waals surface area contributed by atoms with Gasteiger partial charge in [-0.05, 0) is 23.3 Å². The number of hydrogen-bond acceptors (Lipinski definition) is 2. The van der Waals surface area contributed by atoms with Gasteiger partial charge in [0.2, 0.25) is 5.91 Å². The van der Waals surface area contributed by atoms with Crippen LogP contribution in [0.5, 0.6) is 0 Å². The highest BCUT2D eigenvalue weighted by atomic mass is 32.1. The molecule has 1 aromatic rings. The third-order valence-electron chi connectivity index (χ3n) is 2.38. The lowest BCUT2D eigenvalue weighted by atomic mass is 9.92. The molecular formula is C13H21NOS. The fraction of sp³-hybridized carbons (Fsp3) is 0.615. The molecule has 0 saturated carbocycles. The van der Waals surface area contributed by atoms with Gasteiger partial charge in [0, 0.05) is 24.9 Å². The van der Waals surface area contributed by atoms with Crippen molar-refractivity contribution in [3.63, 3.8) is 0 Å². The first-order chi connectivity index (χ1) is 7.38. The van der Waals surface area contributed by atoms with Crippen LogP contribution in [0.4, 0.5) is 0 Å². The van der Waals surface area contributed by atoms with Crippen molar-refractivity contribution < 1.29 is 4.79 Å². The van der Waals surface area contributed by atoms with Gasteiger partial charge in [-0.1, -0.05) is 26.8 Å². The smallest absolute Gasteiger partial charge is 0.222 e. The van der Waals surface area contributed by atoms with Gasteiger partial charge in [-0.25, -0.2) is 0 Å². The van der Waals surface area contributed by atoms with Gasteiger partial charge in [0.25, 0.3) is 0 Å². The monoisotopic (exact) mass is 239 g/mol. The number of likely N-dealkylation sites (N-methyl/N-ethyl adjacent to an activating group) is 1. The van der Waals surface area contributed by atoms with E-state index in [9.17, 15) is 4.79 Å². The topological polar surface area (TPSA) is 20.3 Å². The molecule has 1 amide bonds. The van der Waals surface area contributed by atoms with Crippen molar-refractivity contribution in [1.82, 2.24) is 4.90 Å². The standard InChI is InChI=1S/C13H21NOS/c1-13(2,3)10-12(15)14(4)8-7-11-6-5-9-16-11/h5-6,9H,7-8,10H2,1-4H3. The lowest BCUT2D eigenvalue weighted by Crippen LogP contribution is -2.31. The van der Waals surface area contributed by atoms with E-state index in [1.54, 1.807) is 11.3 Å². The largest absolute Gasteiger partial charge is 0.345 e. The van der Waals surface area contributed by atoms with E-state index < -0.39 is 0 Å². The van der Waals surface area contributed by atoms with Crippen LogP contribution in [0.25, 0.3) is 0 Å². The molecule has 0 aromatic carbocycles. The maximum Gasteiger partial charge on any atom is 0.222 e. The van der Waals surface area contributed by atoms with Gasteiger partial charge < -0.3 is 4.90 Å². The van der Waals surface area contributed by atoms with Crippen molar-refractivity contribution in [3.05, 3.63) is 22.4 Å². The highest BCUT2D eigenvalue weighted by Crippen LogP contribution is 2.19. The summed E-state index contributed by atoms with van der Waals surface area (Å²) in [6.45, 7) is 7.10. The van der Waals surface area contributed by atoms with Crippen LogP contribution in [-0.2, 0) is 11.2 Å². The van der Waals surface area contributed by atoms with E-state index in [2.05, 4.69) is 38.3 Å². The van der Waals surface area contributed by atoms with E-state index in [1.165, 1.54) is 4.88 Å². The molecule has 1 rings (SSSR count). The lowest BCUT2D eigenvalue weighted by molar-refractivity contribution is -0.131. The molecular weight excluding hydrogens is 218 g/mol. The van der Waals surface area contributed by atoms with Gasteiger partial charge in [0.05, 0.1) is 0 Å². The Morgan fingerprint density at radius 1 is 1.44 bits per heavy atom. The summed E-state index contributed by atoms with van der Waals surface area (Å²) >= 11 is 1.75. The van der Waals surface area contributed by atoms with Crippen molar-refractivity contribution in [1.29, 1.82) is 0 Å². The van der Waals surface area contributed by atoms with Gasteiger partial charge >= 0.3 is 0 Å². The van der Waals surface area contributed by atoms with Gasteiger partial charge in [0.15, 0.2) is 0 Å². The fourth-order valence-corrected chi connectivity index (χ4v) is 2.14. The van der Waals surface area contributed by atoms with Crippen LogP contribution < -0.4 is 0 Å². The summed E-state index contributed by atoms with van der Waals surface area (Å²) in [4.78, 5) is 15.0. The van der Waals surface area contributed by atoms with E-state index in [0.717, 1.165) is 13.0 Å². The molecule has 0 aliphatic heterocycles. The van der Waals surface area contributed by atoms with E-state index in [-0.39, 0.29) is 11.3 Å². The molecule has 1 aromatic heterocycles. The summed E-state index contributed by atoms with van der Waals surface area (Å²) in [5.41, 5.74) is 0.0777. The zero-order valence-corrected chi connectivity index (χ0v) is 11.4. The molecule has 0 bridgehead atoms. The summed E-state index contributed by atoms with van der Waals surface area (Å²) in [7, 11) is 1.89. The van der Waals surface area contributed by atoms with E-state index in [1.807, 2.05) is 11.9 Å². The molecule has 2 nitrogen and oxygen atoms in total. The van der Waals surface area contributed by atoms with Gasteiger partial charge in [-0.2, -0.15) is 0 Å². The minimum absolute atomic E-state index is 0.0777. The molecule has 0 atom stereocenters. The molecule has 0 unspecified atom stereocenters. The Morgan fingerprint density at radius 3 is 2.62 bits per heavy atom. The van der Waals surface area contributed by atoms with E-state index in [0.29, 0.717) is 6.42 Å². The molecule has 0 fully saturated rings. The second kappa shape index (κ2) is 5.48. The first kappa shape index (κ1) is 13.2. The molecule has 0 saturated heterocycles. The van der Waals surface area contributed by atoms with Crippen molar-refractivity contribution in [2.45, 2.75) is 33.6 Å². The Morgan fingerprint density at radius 2 is 2.12 bits per heavy atom.